The lowest BCUT2D eigenvalue weighted by Crippen LogP contribution is -2.27. The molecule has 1 fully saturated rings. The molecule has 0 aromatic carbocycles. The van der Waals surface area contributed by atoms with E-state index in [4.69, 9.17) is 4.74 Å². The molecule has 0 aromatic rings. The van der Waals surface area contributed by atoms with Crippen LogP contribution in [0.15, 0.2) is 0 Å². The molecule has 1 heterocycles. The van der Waals surface area contributed by atoms with Gasteiger partial charge in [-0.15, -0.1) is 0 Å². The predicted molar refractivity (Wildman–Crippen MR) is 46.0 cm³/mol. The van der Waals surface area contributed by atoms with Gasteiger partial charge in [-0.05, 0) is 32.2 Å². The van der Waals surface area contributed by atoms with Crippen molar-refractivity contribution in [3.05, 3.63) is 6.23 Å². The van der Waals surface area contributed by atoms with E-state index >= 15 is 0 Å². The molecule has 0 amide bonds. The van der Waals surface area contributed by atoms with Gasteiger partial charge in [-0.2, -0.15) is 0 Å². The van der Waals surface area contributed by atoms with Crippen molar-refractivity contribution in [1.82, 2.24) is 5.32 Å². The fourth-order valence-electron chi connectivity index (χ4n) is 1.20. The lowest BCUT2D eigenvalue weighted by Gasteiger charge is -2.21. The van der Waals surface area contributed by atoms with Crippen LogP contribution < -0.4 is 5.32 Å². The maximum atomic E-state index is 5.43. The van der Waals surface area contributed by atoms with Crippen molar-refractivity contribution < 1.29 is 4.74 Å². The quantitative estimate of drug-likeness (QED) is 0.629. The second-order valence-corrected chi connectivity index (χ2v) is 3.01. The van der Waals surface area contributed by atoms with Crippen LogP contribution in [0, 0.1) is 6.23 Å². The summed E-state index contributed by atoms with van der Waals surface area (Å²) in [5.74, 6) is 0. The van der Waals surface area contributed by atoms with Crippen LogP contribution in [0.1, 0.15) is 39.0 Å². The summed E-state index contributed by atoms with van der Waals surface area (Å²) in [5, 5.41) is 3.32. The van der Waals surface area contributed by atoms with E-state index in [0.29, 0.717) is 0 Å². The first kappa shape index (κ1) is 9.01. The molecule has 1 rings (SSSR count). The van der Waals surface area contributed by atoms with E-state index in [1.54, 1.807) is 0 Å². The molecule has 1 N–H and O–H groups in total. The van der Waals surface area contributed by atoms with Crippen molar-refractivity contribution in [1.29, 1.82) is 0 Å². The maximum absolute atomic E-state index is 5.43. The number of nitrogens with one attached hydrogen (secondary N) is 1. The second-order valence-electron chi connectivity index (χ2n) is 3.01. The Hall–Kier alpha value is -0.0800. The van der Waals surface area contributed by atoms with Crippen molar-refractivity contribution in [3.63, 3.8) is 0 Å². The van der Waals surface area contributed by atoms with E-state index < -0.39 is 0 Å². The topological polar surface area (TPSA) is 21.3 Å². The smallest absolute Gasteiger partial charge is 0.161 e. The summed E-state index contributed by atoms with van der Waals surface area (Å²) in [7, 11) is 0. The van der Waals surface area contributed by atoms with Crippen LogP contribution in [-0.4, -0.2) is 13.2 Å². The molecule has 11 heavy (non-hydrogen) atoms. The largest absolute Gasteiger partial charge is 0.356 e. The van der Waals surface area contributed by atoms with Gasteiger partial charge in [0.2, 0.25) is 0 Å². The molecule has 0 aliphatic carbocycles. The number of rotatable bonds is 4. The number of ether oxygens (including phenoxy) is 1. The summed E-state index contributed by atoms with van der Waals surface area (Å²) in [5.41, 5.74) is 0. The molecule has 1 radical (unpaired) electrons. The van der Waals surface area contributed by atoms with Gasteiger partial charge in [0, 0.05) is 6.61 Å². The van der Waals surface area contributed by atoms with E-state index in [0.717, 1.165) is 25.8 Å². The number of hydrogen-bond acceptors (Lipinski definition) is 2. The van der Waals surface area contributed by atoms with E-state index in [2.05, 4.69) is 12.2 Å². The molecule has 1 aliphatic rings. The molecule has 0 bridgehead atoms. The van der Waals surface area contributed by atoms with Gasteiger partial charge in [-0.3, -0.25) is 5.32 Å². The van der Waals surface area contributed by atoms with E-state index in [9.17, 15) is 0 Å². The Kier molecular flexibility index (Phi) is 4.55. The first-order valence-corrected chi connectivity index (χ1v) is 4.66. The van der Waals surface area contributed by atoms with Crippen molar-refractivity contribution in [2.75, 3.05) is 13.2 Å². The highest BCUT2D eigenvalue weighted by molar-refractivity contribution is 4.77. The Morgan fingerprint density at radius 2 is 2.36 bits per heavy atom. The molecular weight excluding hydrogens is 138 g/mol. The van der Waals surface area contributed by atoms with Gasteiger partial charge in [0.15, 0.2) is 6.23 Å². The number of unbranched alkanes of at least 4 members (excludes halogenated alkanes) is 1. The molecule has 1 aliphatic heterocycles. The molecule has 2 heteroatoms. The van der Waals surface area contributed by atoms with Gasteiger partial charge in [0.05, 0.1) is 0 Å². The predicted octanol–water partition coefficient (Wildman–Crippen LogP) is 2.07. The highest BCUT2D eigenvalue weighted by Crippen LogP contribution is 2.15. The minimum Gasteiger partial charge on any atom is -0.356 e. The van der Waals surface area contributed by atoms with Crippen molar-refractivity contribution in [3.8, 4) is 0 Å². The van der Waals surface area contributed by atoms with E-state index in [1.807, 2.05) is 0 Å². The summed E-state index contributed by atoms with van der Waals surface area (Å²) in [6.45, 7) is 4.19. The lowest BCUT2D eigenvalue weighted by atomic mass is 10.2. The van der Waals surface area contributed by atoms with E-state index in [-0.39, 0.29) is 0 Å². The lowest BCUT2D eigenvalue weighted by molar-refractivity contribution is 0.0792. The molecule has 0 unspecified atom stereocenters. The third-order valence-electron chi connectivity index (χ3n) is 1.93. The molecule has 0 saturated carbocycles. The fourth-order valence-corrected chi connectivity index (χ4v) is 1.20. The zero-order valence-electron chi connectivity index (χ0n) is 7.36. The summed E-state index contributed by atoms with van der Waals surface area (Å²) >= 11 is 0. The normalized spacial score (nSPS) is 20.5. The van der Waals surface area contributed by atoms with Gasteiger partial charge >= 0.3 is 0 Å². The van der Waals surface area contributed by atoms with Crippen molar-refractivity contribution in [2.24, 2.45) is 0 Å². The Bertz CT molecular complexity index is 89.6. The van der Waals surface area contributed by atoms with Crippen LogP contribution in [0.5, 0.6) is 0 Å². The molecule has 0 aromatic heterocycles. The van der Waals surface area contributed by atoms with Crippen LogP contribution >= 0.6 is 0 Å². The zero-order valence-corrected chi connectivity index (χ0v) is 7.36. The minimum absolute atomic E-state index is 0.911. The second kappa shape index (κ2) is 5.56. The molecule has 1 saturated heterocycles. The fraction of sp³-hybridized carbons (Fsp3) is 0.889. The maximum Gasteiger partial charge on any atom is 0.161 e. The monoisotopic (exact) mass is 156 g/mol. The SMILES string of the molecule is CCCCN[C]1CCCCO1. The van der Waals surface area contributed by atoms with Crippen LogP contribution in [0.25, 0.3) is 0 Å². The molecule has 0 atom stereocenters. The van der Waals surface area contributed by atoms with Gasteiger partial charge in [0.1, 0.15) is 0 Å². The first-order chi connectivity index (χ1) is 5.43. The van der Waals surface area contributed by atoms with Gasteiger partial charge < -0.3 is 4.74 Å². The summed E-state index contributed by atoms with van der Waals surface area (Å²) in [4.78, 5) is 0. The van der Waals surface area contributed by atoms with Crippen LogP contribution in [0.4, 0.5) is 0 Å². The molecular formula is C9H18NO. The van der Waals surface area contributed by atoms with Crippen LogP contribution in [-0.2, 0) is 4.74 Å². The average molecular weight is 156 g/mol. The average Bonchev–Trinajstić information content (AvgIpc) is 2.07. The highest BCUT2D eigenvalue weighted by atomic mass is 16.5. The third-order valence-corrected chi connectivity index (χ3v) is 1.93. The molecule has 2 nitrogen and oxygen atoms in total. The minimum atomic E-state index is 0.911. The van der Waals surface area contributed by atoms with Crippen LogP contribution in [0.2, 0.25) is 0 Å². The molecule has 65 valence electrons. The third kappa shape index (κ3) is 3.73. The van der Waals surface area contributed by atoms with Gasteiger partial charge in [0.25, 0.3) is 0 Å². The Balaban J connectivity index is 1.96. The van der Waals surface area contributed by atoms with Gasteiger partial charge in [-0.25, -0.2) is 0 Å². The molecule has 0 spiro atoms. The number of hydrogen-bond donors (Lipinski definition) is 1. The van der Waals surface area contributed by atoms with Crippen molar-refractivity contribution >= 4 is 0 Å². The van der Waals surface area contributed by atoms with Crippen LogP contribution in [0.3, 0.4) is 0 Å². The van der Waals surface area contributed by atoms with Gasteiger partial charge in [-0.1, -0.05) is 13.3 Å². The Morgan fingerprint density at radius 3 is 3.00 bits per heavy atom. The van der Waals surface area contributed by atoms with Crippen molar-refractivity contribution in [2.45, 2.75) is 39.0 Å². The first-order valence-electron chi connectivity index (χ1n) is 4.66. The zero-order chi connectivity index (χ0) is 7.94. The Labute approximate surface area is 69.3 Å². The summed E-state index contributed by atoms with van der Waals surface area (Å²) in [6.07, 6.45) is 7.23. The highest BCUT2D eigenvalue weighted by Gasteiger charge is 2.13. The van der Waals surface area contributed by atoms with E-state index in [1.165, 1.54) is 25.7 Å². The summed E-state index contributed by atoms with van der Waals surface area (Å²) in [6, 6.07) is 0. The Morgan fingerprint density at radius 1 is 1.45 bits per heavy atom. The summed E-state index contributed by atoms with van der Waals surface area (Å²) < 4.78 is 5.43. The standard InChI is InChI=1S/C9H18NO/c1-2-3-7-10-9-6-4-5-8-11-9/h10H,2-8H2,1H3.